The number of rotatable bonds is 8. The summed E-state index contributed by atoms with van der Waals surface area (Å²) in [6.07, 6.45) is -0.484. The Kier molecular flexibility index (Phi) is 6.66. The molecule has 24 heavy (non-hydrogen) atoms. The first-order valence-corrected chi connectivity index (χ1v) is 9.06. The number of hydrogen-bond donors (Lipinski definition) is 2. The van der Waals surface area contributed by atoms with E-state index in [4.69, 9.17) is 4.74 Å². The van der Waals surface area contributed by atoms with Crippen LogP contribution in [0.3, 0.4) is 0 Å². The van der Waals surface area contributed by atoms with Crippen molar-refractivity contribution in [1.29, 1.82) is 0 Å². The van der Waals surface area contributed by atoms with Gasteiger partial charge in [0.1, 0.15) is 18.5 Å². The van der Waals surface area contributed by atoms with Crippen molar-refractivity contribution in [2.24, 2.45) is 0 Å². The van der Waals surface area contributed by atoms with E-state index in [9.17, 15) is 5.11 Å². The summed E-state index contributed by atoms with van der Waals surface area (Å²) >= 11 is 1.84. The Morgan fingerprint density at radius 1 is 1.21 bits per heavy atom. The van der Waals surface area contributed by atoms with Crippen LogP contribution in [0.5, 0.6) is 5.75 Å². The molecule has 1 aromatic carbocycles. The molecule has 2 atom stereocenters. The molecule has 1 aromatic heterocycles. The van der Waals surface area contributed by atoms with Gasteiger partial charge >= 0.3 is 0 Å². The summed E-state index contributed by atoms with van der Waals surface area (Å²) < 4.78 is 5.63. The molecule has 2 rings (SSSR count). The van der Waals surface area contributed by atoms with Gasteiger partial charge in [-0.3, -0.25) is 0 Å². The molecule has 2 N–H and O–H groups in total. The third kappa shape index (κ3) is 5.51. The van der Waals surface area contributed by atoms with Gasteiger partial charge in [0.15, 0.2) is 0 Å². The third-order valence-electron chi connectivity index (χ3n) is 3.80. The van der Waals surface area contributed by atoms with Crippen LogP contribution in [0.1, 0.15) is 28.3 Å². The molecular weight excluding hydrogens is 320 g/mol. The molecule has 4 nitrogen and oxygen atoms in total. The van der Waals surface area contributed by atoms with Crippen molar-refractivity contribution in [3.8, 4) is 5.75 Å². The van der Waals surface area contributed by atoms with Crippen molar-refractivity contribution < 1.29 is 9.84 Å². The molecule has 0 aliphatic carbocycles. The van der Waals surface area contributed by atoms with Crippen molar-refractivity contribution in [3.05, 3.63) is 45.6 Å². The molecule has 0 saturated carbocycles. The van der Waals surface area contributed by atoms with E-state index in [1.165, 1.54) is 15.3 Å². The quantitative estimate of drug-likeness (QED) is 0.761. The molecule has 0 saturated heterocycles. The van der Waals surface area contributed by atoms with E-state index in [1.54, 1.807) is 0 Å². The normalized spacial score (nSPS) is 13.8. The second-order valence-electron chi connectivity index (χ2n) is 6.49. The zero-order chi connectivity index (χ0) is 17.7. The second kappa shape index (κ2) is 8.51. The van der Waals surface area contributed by atoms with Crippen molar-refractivity contribution in [2.45, 2.75) is 32.9 Å². The first kappa shape index (κ1) is 18.8. The molecule has 132 valence electrons. The Hall–Kier alpha value is -1.56. The predicted molar refractivity (Wildman–Crippen MR) is 102 cm³/mol. The smallest absolute Gasteiger partial charge is 0.119 e. The van der Waals surface area contributed by atoms with Crippen LogP contribution in [0.4, 0.5) is 5.69 Å². The molecule has 0 radical (unpaired) electrons. The fourth-order valence-corrected chi connectivity index (χ4v) is 3.74. The molecule has 0 aliphatic heterocycles. The summed E-state index contributed by atoms with van der Waals surface area (Å²) in [6, 6.07) is 10.4. The minimum atomic E-state index is -0.484. The summed E-state index contributed by atoms with van der Waals surface area (Å²) in [4.78, 5) is 4.65. The van der Waals surface area contributed by atoms with Crippen LogP contribution in [-0.4, -0.2) is 43.4 Å². The van der Waals surface area contributed by atoms with E-state index in [1.807, 2.05) is 54.6 Å². The number of aryl methyl sites for hydroxylation is 2. The van der Waals surface area contributed by atoms with Gasteiger partial charge in [0.2, 0.25) is 0 Å². The van der Waals surface area contributed by atoms with Gasteiger partial charge in [-0.25, -0.2) is 0 Å². The van der Waals surface area contributed by atoms with Crippen LogP contribution in [0, 0.1) is 13.8 Å². The van der Waals surface area contributed by atoms with Gasteiger partial charge in [-0.05, 0) is 70.8 Å². The summed E-state index contributed by atoms with van der Waals surface area (Å²) in [5, 5.41) is 13.4. The van der Waals surface area contributed by atoms with Crippen LogP contribution in [0.15, 0.2) is 30.3 Å². The van der Waals surface area contributed by atoms with Gasteiger partial charge in [0.05, 0.1) is 0 Å². The standard InChI is InChI=1S/C19H28N2O2S/c1-13-10-19(15(3)24-13)14(2)20-16-6-8-18(9-7-16)23-12-17(22)11-21(4)5/h6-10,14,17,20,22H,11-12H2,1-5H3. The molecule has 0 amide bonds. The van der Waals surface area contributed by atoms with Gasteiger partial charge < -0.3 is 20.1 Å². The maximum atomic E-state index is 9.83. The fourth-order valence-electron chi connectivity index (χ4n) is 2.72. The molecule has 0 spiro atoms. The maximum Gasteiger partial charge on any atom is 0.119 e. The Balaban J connectivity index is 1.88. The van der Waals surface area contributed by atoms with Gasteiger partial charge in [0, 0.05) is 28.0 Å². The van der Waals surface area contributed by atoms with Crippen LogP contribution < -0.4 is 10.1 Å². The van der Waals surface area contributed by atoms with Crippen molar-refractivity contribution in [1.82, 2.24) is 4.90 Å². The van der Waals surface area contributed by atoms with Crippen LogP contribution in [0.25, 0.3) is 0 Å². The lowest BCUT2D eigenvalue weighted by molar-refractivity contribution is 0.0831. The lowest BCUT2D eigenvalue weighted by atomic mass is 10.1. The van der Waals surface area contributed by atoms with E-state index in [-0.39, 0.29) is 6.04 Å². The highest BCUT2D eigenvalue weighted by atomic mass is 32.1. The van der Waals surface area contributed by atoms with Crippen molar-refractivity contribution >= 4 is 17.0 Å². The zero-order valence-electron chi connectivity index (χ0n) is 15.2. The Bertz CT molecular complexity index is 637. The molecule has 1 heterocycles. The molecule has 2 unspecified atom stereocenters. The molecule has 2 aromatic rings. The fraction of sp³-hybridized carbons (Fsp3) is 0.474. The van der Waals surface area contributed by atoms with Gasteiger partial charge in [-0.2, -0.15) is 0 Å². The SMILES string of the molecule is Cc1cc(C(C)Nc2ccc(OCC(O)CN(C)C)cc2)c(C)s1. The van der Waals surface area contributed by atoms with E-state index >= 15 is 0 Å². The predicted octanol–water partition coefficient (Wildman–Crippen LogP) is 3.84. The van der Waals surface area contributed by atoms with E-state index in [0.717, 1.165) is 11.4 Å². The second-order valence-corrected chi connectivity index (χ2v) is 7.95. The highest BCUT2D eigenvalue weighted by Crippen LogP contribution is 2.29. The Morgan fingerprint density at radius 3 is 2.42 bits per heavy atom. The van der Waals surface area contributed by atoms with Crippen molar-refractivity contribution in [2.75, 3.05) is 32.6 Å². The number of aliphatic hydroxyl groups excluding tert-OH is 1. The summed E-state index contributed by atoms with van der Waals surface area (Å²) in [5.74, 6) is 0.772. The number of anilines is 1. The number of hydrogen-bond acceptors (Lipinski definition) is 5. The lowest BCUT2D eigenvalue weighted by Gasteiger charge is -2.17. The third-order valence-corrected chi connectivity index (χ3v) is 4.78. The lowest BCUT2D eigenvalue weighted by Crippen LogP contribution is -2.30. The number of nitrogens with one attached hydrogen (secondary N) is 1. The highest BCUT2D eigenvalue weighted by molar-refractivity contribution is 7.12. The van der Waals surface area contributed by atoms with Gasteiger partial charge in [-0.1, -0.05) is 0 Å². The largest absolute Gasteiger partial charge is 0.491 e. The molecular formula is C19H28N2O2S. The molecule has 5 heteroatoms. The zero-order valence-corrected chi connectivity index (χ0v) is 16.0. The number of benzene rings is 1. The van der Waals surface area contributed by atoms with Gasteiger partial charge in [0.25, 0.3) is 0 Å². The average molecular weight is 349 g/mol. The van der Waals surface area contributed by atoms with Gasteiger partial charge in [-0.15, -0.1) is 11.3 Å². The number of aliphatic hydroxyl groups is 1. The number of ether oxygens (including phenoxy) is 1. The van der Waals surface area contributed by atoms with E-state index < -0.39 is 6.10 Å². The molecule has 0 bridgehead atoms. The molecule has 0 fully saturated rings. The summed E-state index contributed by atoms with van der Waals surface area (Å²) in [6.45, 7) is 7.38. The minimum Gasteiger partial charge on any atom is -0.491 e. The number of likely N-dealkylation sites (N-methyl/N-ethyl adjacent to an activating group) is 1. The first-order valence-electron chi connectivity index (χ1n) is 8.24. The van der Waals surface area contributed by atoms with E-state index in [0.29, 0.717) is 13.2 Å². The number of thiophene rings is 1. The monoisotopic (exact) mass is 348 g/mol. The minimum absolute atomic E-state index is 0.267. The average Bonchev–Trinajstić information content (AvgIpc) is 2.84. The van der Waals surface area contributed by atoms with E-state index in [2.05, 4.69) is 32.2 Å². The van der Waals surface area contributed by atoms with Crippen LogP contribution >= 0.6 is 11.3 Å². The molecule has 0 aliphatic rings. The highest BCUT2D eigenvalue weighted by Gasteiger charge is 2.11. The number of nitrogens with zero attached hydrogens (tertiary/aromatic N) is 1. The maximum absolute atomic E-state index is 9.83. The Morgan fingerprint density at radius 2 is 1.88 bits per heavy atom. The van der Waals surface area contributed by atoms with Crippen LogP contribution in [0.2, 0.25) is 0 Å². The van der Waals surface area contributed by atoms with Crippen molar-refractivity contribution in [3.63, 3.8) is 0 Å². The topological polar surface area (TPSA) is 44.7 Å². The first-order chi connectivity index (χ1) is 11.3. The Labute approximate surface area is 149 Å². The summed E-state index contributed by atoms with van der Waals surface area (Å²) in [5.41, 5.74) is 2.41. The van der Waals surface area contributed by atoms with Crippen LogP contribution in [-0.2, 0) is 0 Å². The summed E-state index contributed by atoms with van der Waals surface area (Å²) in [7, 11) is 3.86.